The van der Waals surface area contributed by atoms with E-state index in [0.29, 0.717) is 0 Å². The Hall–Kier alpha value is -1.61. The van der Waals surface area contributed by atoms with E-state index in [1.165, 1.54) is 5.56 Å². The van der Waals surface area contributed by atoms with Crippen molar-refractivity contribution in [3.8, 4) is 0 Å². The molecule has 0 bridgehead atoms. The van der Waals surface area contributed by atoms with Gasteiger partial charge in [-0.3, -0.25) is 4.79 Å². The Morgan fingerprint density at radius 3 is 2.83 bits per heavy atom. The molecule has 0 saturated carbocycles. The summed E-state index contributed by atoms with van der Waals surface area (Å²) in [6.07, 6.45) is 5.31. The Morgan fingerprint density at radius 1 is 1.44 bits per heavy atom. The molecule has 1 amide bonds. The van der Waals surface area contributed by atoms with Gasteiger partial charge in [-0.05, 0) is 31.4 Å². The number of hydrogen-bond acceptors (Lipinski definition) is 2. The second-order valence-electron chi connectivity index (χ2n) is 4.75. The van der Waals surface area contributed by atoms with Crippen molar-refractivity contribution < 1.29 is 9.90 Å². The maximum absolute atomic E-state index is 12.0. The SMILES string of the molecule is Cc1ccc(/C=C/C(=O)N2CCCC2CO)cc1. The Labute approximate surface area is 108 Å². The first-order valence-corrected chi connectivity index (χ1v) is 6.37. The molecule has 2 rings (SSSR count). The summed E-state index contributed by atoms with van der Waals surface area (Å²) in [6, 6.07) is 8.03. The Bertz CT molecular complexity index is 436. The number of nitrogens with zero attached hydrogens (tertiary/aromatic N) is 1. The number of aliphatic hydroxyl groups is 1. The van der Waals surface area contributed by atoms with Gasteiger partial charge in [0.05, 0.1) is 12.6 Å². The highest BCUT2D eigenvalue weighted by Gasteiger charge is 2.26. The van der Waals surface area contributed by atoms with E-state index in [1.807, 2.05) is 37.3 Å². The van der Waals surface area contributed by atoms with Gasteiger partial charge in [-0.25, -0.2) is 0 Å². The molecule has 1 aliphatic rings. The van der Waals surface area contributed by atoms with Crippen molar-refractivity contribution in [1.29, 1.82) is 0 Å². The molecule has 1 saturated heterocycles. The average Bonchev–Trinajstić information content (AvgIpc) is 2.86. The van der Waals surface area contributed by atoms with Crippen LogP contribution in [0.15, 0.2) is 30.3 Å². The molecule has 3 heteroatoms. The number of carbonyl (C=O) groups is 1. The fourth-order valence-electron chi connectivity index (χ4n) is 2.26. The lowest BCUT2D eigenvalue weighted by molar-refractivity contribution is -0.127. The molecule has 1 N–H and O–H groups in total. The third kappa shape index (κ3) is 2.99. The van der Waals surface area contributed by atoms with Crippen LogP contribution in [0, 0.1) is 6.92 Å². The molecule has 96 valence electrons. The predicted molar refractivity (Wildman–Crippen MR) is 72.0 cm³/mol. The van der Waals surface area contributed by atoms with Crippen LogP contribution in [0.25, 0.3) is 6.08 Å². The number of carbonyl (C=O) groups excluding carboxylic acids is 1. The van der Waals surface area contributed by atoms with Gasteiger partial charge in [0.15, 0.2) is 0 Å². The maximum Gasteiger partial charge on any atom is 0.246 e. The first-order chi connectivity index (χ1) is 8.70. The largest absolute Gasteiger partial charge is 0.394 e. The van der Waals surface area contributed by atoms with Crippen molar-refractivity contribution in [2.24, 2.45) is 0 Å². The van der Waals surface area contributed by atoms with Crippen molar-refractivity contribution in [3.63, 3.8) is 0 Å². The second-order valence-corrected chi connectivity index (χ2v) is 4.75. The topological polar surface area (TPSA) is 40.5 Å². The van der Waals surface area contributed by atoms with E-state index >= 15 is 0 Å². The third-order valence-electron chi connectivity index (χ3n) is 3.37. The summed E-state index contributed by atoms with van der Waals surface area (Å²) in [5.74, 6) is -0.00729. The van der Waals surface area contributed by atoms with Gasteiger partial charge >= 0.3 is 0 Å². The van der Waals surface area contributed by atoms with E-state index in [9.17, 15) is 9.90 Å². The summed E-state index contributed by atoms with van der Waals surface area (Å²) in [4.78, 5) is 13.7. The van der Waals surface area contributed by atoms with Crippen LogP contribution in [0.5, 0.6) is 0 Å². The summed E-state index contributed by atoms with van der Waals surface area (Å²) in [7, 11) is 0. The molecule has 1 aliphatic heterocycles. The smallest absolute Gasteiger partial charge is 0.246 e. The van der Waals surface area contributed by atoms with Crippen LogP contribution in [0.2, 0.25) is 0 Å². The van der Waals surface area contributed by atoms with Crippen LogP contribution in [-0.4, -0.2) is 35.1 Å². The molecule has 1 fully saturated rings. The highest BCUT2D eigenvalue weighted by Crippen LogP contribution is 2.17. The quantitative estimate of drug-likeness (QED) is 0.827. The molecule has 0 aliphatic carbocycles. The molecule has 1 atom stereocenters. The number of hydrogen-bond donors (Lipinski definition) is 1. The Balaban J connectivity index is 2.00. The number of likely N-dealkylation sites (tertiary alicyclic amines) is 1. The first kappa shape index (κ1) is 12.8. The van der Waals surface area contributed by atoms with Crippen molar-refractivity contribution in [2.45, 2.75) is 25.8 Å². The molecule has 0 aromatic heterocycles. The fourth-order valence-corrected chi connectivity index (χ4v) is 2.26. The van der Waals surface area contributed by atoms with Crippen molar-refractivity contribution in [1.82, 2.24) is 4.90 Å². The highest BCUT2D eigenvalue weighted by atomic mass is 16.3. The molecule has 3 nitrogen and oxygen atoms in total. The predicted octanol–water partition coefficient (Wildman–Crippen LogP) is 1.99. The normalized spacial score (nSPS) is 19.7. The summed E-state index contributed by atoms with van der Waals surface area (Å²) in [5.41, 5.74) is 2.23. The van der Waals surface area contributed by atoms with Gasteiger partial charge in [0, 0.05) is 12.6 Å². The van der Waals surface area contributed by atoms with Gasteiger partial charge in [0.2, 0.25) is 5.91 Å². The van der Waals surface area contributed by atoms with Gasteiger partial charge in [0.1, 0.15) is 0 Å². The highest BCUT2D eigenvalue weighted by molar-refractivity contribution is 5.92. The molecule has 1 aromatic carbocycles. The van der Waals surface area contributed by atoms with E-state index in [4.69, 9.17) is 0 Å². The van der Waals surface area contributed by atoms with Crippen LogP contribution in [0.1, 0.15) is 24.0 Å². The first-order valence-electron chi connectivity index (χ1n) is 6.37. The van der Waals surface area contributed by atoms with Crippen LogP contribution >= 0.6 is 0 Å². The maximum atomic E-state index is 12.0. The average molecular weight is 245 g/mol. The minimum atomic E-state index is -0.00729. The monoisotopic (exact) mass is 245 g/mol. The number of aryl methyl sites for hydroxylation is 1. The molecule has 1 unspecified atom stereocenters. The Kier molecular flexibility index (Phi) is 4.15. The zero-order valence-electron chi connectivity index (χ0n) is 10.7. The number of amides is 1. The zero-order chi connectivity index (χ0) is 13.0. The molecule has 18 heavy (non-hydrogen) atoms. The van der Waals surface area contributed by atoms with Crippen LogP contribution in [0.4, 0.5) is 0 Å². The van der Waals surface area contributed by atoms with Gasteiger partial charge in [0.25, 0.3) is 0 Å². The number of aliphatic hydroxyl groups excluding tert-OH is 1. The van der Waals surface area contributed by atoms with E-state index in [-0.39, 0.29) is 18.6 Å². The lowest BCUT2D eigenvalue weighted by atomic mass is 10.1. The molecule has 0 spiro atoms. The van der Waals surface area contributed by atoms with E-state index < -0.39 is 0 Å². The lowest BCUT2D eigenvalue weighted by Gasteiger charge is -2.21. The number of rotatable bonds is 3. The summed E-state index contributed by atoms with van der Waals surface area (Å²) >= 11 is 0. The van der Waals surface area contributed by atoms with E-state index in [2.05, 4.69) is 0 Å². The van der Waals surface area contributed by atoms with Crippen LogP contribution in [-0.2, 0) is 4.79 Å². The van der Waals surface area contributed by atoms with Crippen LogP contribution in [0.3, 0.4) is 0 Å². The minimum absolute atomic E-state index is 0.000155. The van der Waals surface area contributed by atoms with E-state index in [1.54, 1.807) is 11.0 Å². The van der Waals surface area contributed by atoms with Gasteiger partial charge in [-0.2, -0.15) is 0 Å². The second kappa shape index (κ2) is 5.83. The summed E-state index contributed by atoms with van der Waals surface area (Å²) in [6.45, 7) is 2.85. The molecular weight excluding hydrogens is 226 g/mol. The van der Waals surface area contributed by atoms with Gasteiger partial charge in [-0.15, -0.1) is 0 Å². The lowest BCUT2D eigenvalue weighted by Crippen LogP contribution is -2.36. The van der Waals surface area contributed by atoms with Crippen molar-refractivity contribution in [3.05, 3.63) is 41.5 Å². The number of benzene rings is 1. The Morgan fingerprint density at radius 2 is 2.17 bits per heavy atom. The summed E-state index contributed by atoms with van der Waals surface area (Å²) < 4.78 is 0. The molecule has 0 radical (unpaired) electrons. The molecule has 1 aromatic rings. The fraction of sp³-hybridized carbons (Fsp3) is 0.400. The van der Waals surface area contributed by atoms with Gasteiger partial charge < -0.3 is 10.0 Å². The third-order valence-corrected chi connectivity index (χ3v) is 3.37. The minimum Gasteiger partial charge on any atom is -0.394 e. The summed E-state index contributed by atoms with van der Waals surface area (Å²) in [5, 5.41) is 9.18. The molecular formula is C15H19NO2. The van der Waals surface area contributed by atoms with Crippen molar-refractivity contribution >= 4 is 12.0 Å². The van der Waals surface area contributed by atoms with Crippen molar-refractivity contribution in [2.75, 3.05) is 13.2 Å². The zero-order valence-corrected chi connectivity index (χ0v) is 10.7. The van der Waals surface area contributed by atoms with E-state index in [0.717, 1.165) is 24.9 Å². The molecule has 1 heterocycles. The standard InChI is InChI=1S/C15H19NO2/c1-12-4-6-13(7-5-12)8-9-15(18)16-10-2-3-14(16)11-17/h4-9,14,17H,2-3,10-11H2,1H3/b9-8+. The van der Waals surface area contributed by atoms with Crippen LogP contribution < -0.4 is 0 Å². The van der Waals surface area contributed by atoms with Gasteiger partial charge in [-0.1, -0.05) is 29.8 Å².